The lowest BCUT2D eigenvalue weighted by atomic mass is 10.1. The van der Waals surface area contributed by atoms with Crippen LogP contribution < -0.4 is 10.6 Å². The van der Waals surface area contributed by atoms with E-state index in [9.17, 15) is 29.6 Å². The minimum atomic E-state index is -1.23. The molecule has 0 aromatic heterocycles. The second-order valence-corrected chi connectivity index (χ2v) is 8.05. The standard InChI is InChI=1S/C22H23Cl2N3O7/c1-2-3-10-34-20(29)9-7-18(26-21(30)15-11-13(23)4-8-19(15)28)22(31)25-17-6-5-14(27(32)33)12-16(17)24/h4-6,8,11-12,18,28H,2-3,7,9-10H2,1H3,(H,25,31)(H,26,30). The summed E-state index contributed by atoms with van der Waals surface area (Å²) in [5, 5.41) is 25.9. The van der Waals surface area contributed by atoms with E-state index in [1.54, 1.807) is 0 Å². The SMILES string of the molecule is CCCCOC(=O)CCC(NC(=O)c1cc(Cl)ccc1O)C(=O)Nc1ccc([N+](=O)[O-])cc1Cl. The van der Waals surface area contributed by atoms with Gasteiger partial charge in [0.2, 0.25) is 5.91 Å². The fourth-order valence-electron chi connectivity index (χ4n) is 2.80. The van der Waals surface area contributed by atoms with Crippen LogP contribution in [0.2, 0.25) is 10.0 Å². The fourth-order valence-corrected chi connectivity index (χ4v) is 3.19. The first-order valence-electron chi connectivity index (χ1n) is 10.3. The second kappa shape index (κ2) is 12.8. The normalized spacial score (nSPS) is 11.4. The zero-order valence-electron chi connectivity index (χ0n) is 18.2. The first-order chi connectivity index (χ1) is 16.1. The number of nitro groups is 1. The van der Waals surface area contributed by atoms with Gasteiger partial charge in [0.05, 0.1) is 27.8 Å². The Balaban J connectivity index is 2.18. The first-order valence-corrected chi connectivity index (χ1v) is 11.1. The number of halogens is 2. The van der Waals surface area contributed by atoms with Crippen LogP contribution in [0.25, 0.3) is 0 Å². The molecule has 2 amide bonds. The number of hydrogen-bond acceptors (Lipinski definition) is 7. The maximum absolute atomic E-state index is 12.9. The van der Waals surface area contributed by atoms with Crippen molar-refractivity contribution < 1.29 is 29.2 Å². The number of ether oxygens (including phenoxy) is 1. The smallest absolute Gasteiger partial charge is 0.305 e. The van der Waals surface area contributed by atoms with Gasteiger partial charge >= 0.3 is 5.97 Å². The van der Waals surface area contributed by atoms with E-state index in [-0.39, 0.29) is 52.2 Å². The molecule has 2 aromatic rings. The molecule has 0 heterocycles. The van der Waals surface area contributed by atoms with E-state index in [0.29, 0.717) is 6.42 Å². The molecule has 12 heteroatoms. The maximum Gasteiger partial charge on any atom is 0.305 e. The van der Waals surface area contributed by atoms with Crippen LogP contribution in [0.3, 0.4) is 0 Å². The number of nitrogens with zero attached hydrogens (tertiary/aromatic N) is 1. The van der Waals surface area contributed by atoms with E-state index in [2.05, 4.69) is 10.6 Å². The van der Waals surface area contributed by atoms with Gasteiger partial charge in [0.15, 0.2) is 0 Å². The van der Waals surface area contributed by atoms with Crippen molar-refractivity contribution >= 4 is 52.4 Å². The van der Waals surface area contributed by atoms with Gasteiger partial charge in [0.25, 0.3) is 11.6 Å². The zero-order chi connectivity index (χ0) is 25.3. The molecule has 0 spiro atoms. The van der Waals surface area contributed by atoms with Crippen LogP contribution >= 0.6 is 23.2 Å². The third-order valence-corrected chi connectivity index (χ3v) is 5.19. The lowest BCUT2D eigenvalue weighted by Crippen LogP contribution is -2.44. The third-order valence-electron chi connectivity index (χ3n) is 4.64. The van der Waals surface area contributed by atoms with Crippen molar-refractivity contribution in [2.45, 2.75) is 38.6 Å². The molecule has 0 radical (unpaired) electrons. The molecule has 182 valence electrons. The minimum absolute atomic E-state index is 0.0765. The molecular formula is C22H23Cl2N3O7. The number of rotatable bonds is 11. The van der Waals surface area contributed by atoms with E-state index < -0.39 is 28.7 Å². The molecule has 34 heavy (non-hydrogen) atoms. The molecule has 2 aromatic carbocycles. The number of phenols is 1. The first kappa shape index (κ1) is 26.9. The Labute approximate surface area is 205 Å². The third kappa shape index (κ3) is 7.89. The summed E-state index contributed by atoms with van der Waals surface area (Å²) < 4.78 is 5.08. The quantitative estimate of drug-likeness (QED) is 0.174. The zero-order valence-corrected chi connectivity index (χ0v) is 19.7. The monoisotopic (exact) mass is 511 g/mol. The number of anilines is 1. The molecule has 3 N–H and O–H groups in total. The number of non-ortho nitro benzene ring substituents is 1. The highest BCUT2D eigenvalue weighted by Crippen LogP contribution is 2.27. The number of nitro benzene ring substituents is 1. The van der Waals surface area contributed by atoms with Crippen molar-refractivity contribution in [2.75, 3.05) is 11.9 Å². The molecule has 0 bridgehead atoms. The van der Waals surface area contributed by atoms with Crippen molar-refractivity contribution in [1.82, 2.24) is 5.32 Å². The van der Waals surface area contributed by atoms with Crippen LogP contribution in [0, 0.1) is 10.1 Å². The molecule has 10 nitrogen and oxygen atoms in total. The summed E-state index contributed by atoms with van der Waals surface area (Å²) in [6.07, 6.45) is 1.25. The predicted octanol–water partition coefficient (Wildman–Crippen LogP) is 4.47. The molecule has 0 fully saturated rings. The van der Waals surface area contributed by atoms with E-state index >= 15 is 0 Å². The molecule has 1 atom stereocenters. The number of amides is 2. The highest BCUT2D eigenvalue weighted by atomic mass is 35.5. The Morgan fingerprint density at radius 2 is 1.91 bits per heavy atom. The Morgan fingerprint density at radius 3 is 2.56 bits per heavy atom. The highest BCUT2D eigenvalue weighted by molar-refractivity contribution is 6.34. The van der Waals surface area contributed by atoms with Gasteiger partial charge in [0, 0.05) is 23.6 Å². The average Bonchev–Trinajstić information content (AvgIpc) is 2.79. The number of carbonyl (C=O) groups is 3. The van der Waals surface area contributed by atoms with Gasteiger partial charge in [-0.25, -0.2) is 0 Å². The molecular weight excluding hydrogens is 489 g/mol. The molecule has 1 unspecified atom stereocenters. The molecule has 0 aliphatic carbocycles. The van der Waals surface area contributed by atoms with E-state index in [1.165, 1.54) is 24.3 Å². The Hall–Kier alpha value is -3.37. The number of unbranched alkanes of at least 4 members (excludes halogenated alkanes) is 1. The van der Waals surface area contributed by atoms with Crippen LogP contribution in [0.5, 0.6) is 5.75 Å². The molecule has 0 aliphatic heterocycles. The van der Waals surface area contributed by atoms with Gasteiger partial charge in [0.1, 0.15) is 11.8 Å². The van der Waals surface area contributed by atoms with E-state index in [0.717, 1.165) is 18.6 Å². The second-order valence-electron chi connectivity index (χ2n) is 7.21. The number of aromatic hydroxyl groups is 1. The summed E-state index contributed by atoms with van der Waals surface area (Å²) >= 11 is 11.9. The van der Waals surface area contributed by atoms with Crippen molar-refractivity contribution in [3.8, 4) is 5.75 Å². The Bertz CT molecular complexity index is 1080. The number of benzene rings is 2. The number of carbonyl (C=O) groups excluding carboxylic acids is 3. The summed E-state index contributed by atoms with van der Waals surface area (Å²) in [7, 11) is 0. The predicted molar refractivity (Wildman–Crippen MR) is 126 cm³/mol. The topological polar surface area (TPSA) is 148 Å². The lowest BCUT2D eigenvalue weighted by molar-refractivity contribution is -0.384. The van der Waals surface area contributed by atoms with Crippen molar-refractivity contribution in [3.63, 3.8) is 0 Å². The summed E-state index contributed by atoms with van der Waals surface area (Å²) in [5.74, 6) is -2.42. The minimum Gasteiger partial charge on any atom is -0.507 e. The summed E-state index contributed by atoms with van der Waals surface area (Å²) in [6, 6.07) is 6.10. The molecule has 0 aliphatic rings. The van der Waals surface area contributed by atoms with Crippen LogP contribution in [-0.4, -0.2) is 40.5 Å². The van der Waals surface area contributed by atoms with Crippen LogP contribution in [0.4, 0.5) is 11.4 Å². The van der Waals surface area contributed by atoms with Gasteiger partial charge in [-0.1, -0.05) is 36.5 Å². The largest absolute Gasteiger partial charge is 0.507 e. The molecule has 0 saturated heterocycles. The lowest BCUT2D eigenvalue weighted by Gasteiger charge is -2.19. The summed E-state index contributed by atoms with van der Waals surface area (Å²) in [4.78, 5) is 47.9. The fraction of sp³-hybridized carbons (Fsp3) is 0.318. The highest BCUT2D eigenvalue weighted by Gasteiger charge is 2.25. The number of phenolic OH excluding ortho intramolecular Hbond substituents is 1. The van der Waals surface area contributed by atoms with Crippen molar-refractivity contribution in [3.05, 3.63) is 62.1 Å². The summed E-state index contributed by atoms with van der Waals surface area (Å²) in [5.41, 5.74) is -0.351. The van der Waals surface area contributed by atoms with Gasteiger partial charge in [-0.15, -0.1) is 0 Å². The molecule has 2 rings (SSSR count). The summed E-state index contributed by atoms with van der Waals surface area (Å²) in [6.45, 7) is 2.19. The van der Waals surface area contributed by atoms with Gasteiger partial charge in [-0.05, 0) is 37.1 Å². The van der Waals surface area contributed by atoms with Crippen LogP contribution in [0.1, 0.15) is 43.0 Å². The van der Waals surface area contributed by atoms with Gasteiger partial charge in [-0.2, -0.15) is 0 Å². The maximum atomic E-state index is 12.9. The molecule has 0 saturated carbocycles. The van der Waals surface area contributed by atoms with E-state index in [4.69, 9.17) is 27.9 Å². The number of hydrogen-bond donors (Lipinski definition) is 3. The average molecular weight is 512 g/mol. The van der Waals surface area contributed by atoms with Crippen molar-refractivity contribution in [2.24, 2.45) is 0 Å². The van der Waals surface area contributed by atoms with Crippen LogP contribution in [-0.2, 0) is 14.3 Å². The Kier molecular flexibility index (Phi) is 10.1. The van der Waals surface area contributed by atoms with Gasteiger partial charge in [-0.3, -0.25) is 24.5 Å². The van der Waals surface area contributed by atoms with E-state index in [1.807, 2.05) is 6.92 Å². The number of esters is 1. The van der Waals surface area contributed by atoms with Crippen molar-refractivity contribution in [1.29, 1.82) is 0 Å². The Morgan fingerprint density at radius 1 is 1.18 bits per heavy atom. The van der Waals surface area contributed by atoms with Gasteiger partial charge < -0.3 is 20.5 Å². The van der Waals surface area contributed by atoms with Crippen LogP contribution in [0.15, 0.2) is 36.4 Å². The number of nitrogens with one attached hydrogen (secondary N) is 2.